The Morgan fingerprint density at radius 2 is 0.938 bits per heavy atom. The second-order valence-electron chi connectivity index (χ2n) is 11.9. The van der Waals surface area contributed by atoms with E-state index in [-0.39, 0.29) is 16.7 Å². The molecule has 0 radical (unpaired) electrons. The van der Waals surface area contributed by atoms with E-state index in [9.17, 15) is 10.2 Å². The van der Waals surface area contributed by atoms with Gasteiger partial charge in [0.15, 0.2) is 0 Å². The second-order valence-corrected chi connectivity index (χ2v) is 11.9. The van der Waals surface area contributed by atoms with Gasteiger partial charge in [-0.2, -0.15) is 0 Å². The molecule has 0 aliphatic rings. The van der Waals surface area contributed by atoms with Crippen LogP contribution < -0.4 is 0 Å². The van der Waals surface area contributed by atoms with E-state index in [1.165, 1.54) is 11.1 Å². The minimum atomic E-state index is -0.167. The minimum absolute atomic E-state index is 0.120. The molecule has 178 valence electrons. The number of aromatic hydroxyl groups is 2. The second kappa shape index (κ2) is 9.49. The SMILES string of the molecule is CCC(C)c1cc(C(C)c2cc(C(C)CC)cc(C(C)(C)C)c2O)c(O)c(C(C)(C)C)c1. The summed E-state index contributed by atoms with van der Waals surface area (Å²) in [4.78, 5) is 0. The van der Waals surface area contributed by atoms with E-state index in [1.54, 1.807) is 0 Å². The van der Waals surface area contributed by atoms with Crippen LogP contribution in [0.4, 0.5) is 0 Å². The van der Waals surface area contributed by atoms with Crippen molar-refractivity contribution in [2.75, 3.05) is 0 Å². The van der Waals surface area contributed by atoms with Gasteiger partial charge in [0, 0.05) is 17.0 Å². The fourth-order valence-corrected chi connectivity index (χ4v) is 4.37. The molecule has 0 aliphatic heterocycles. The van der Waals surface area contributed by atoms with Crippen molar-refractivity contribution in [1.29, 1.82) is 0 Å². The van der Waals surface area contributed by atoms with E-state index >= 15 is 0 Å². The Hall–Kier alpha value is -1.96. The van der Waals surface area contributed by atoms with Crippen molar-refractivity contribution >= 4 is 0 Å². The van der Waals surface area contributed by atoms with Crippen molar-refractivity contribution in [1.82, 2.24) is 0 Å². The minimum Gasteiger partial charge on any atom is -0.507 e. The number of benzene rings is 2. The molecule has 0 heterocycles. The van der Waals surface area contributed by atoms with Gasteiger partial charge in [0.25, 0.3) is 0 Å². The topological polar surface area (TPSA) is 40.5 Å². The van der Waals surface area contributed by atoms with E-state index in [0.717, 1.165) is 35.1 Å². The van der Waals surface area contributed by atoms with E-state index in [2.05, 4.69) is 100 Å². The highest BCUT2D eigenvalue weighted by atomic mass is 16.3. The maximum absolute atomic E-state index is 11.4. The lowest BCUT2D eigenvalue weighted by Gasteiger charge is -2.29. The van der Waals surface area contributed by atoms with Crippen LogP contribution in [0.2, 0.25) is 0 Å². The summed E-state index contributed by atoms with van der Waals surface area (Å²) >= 11 is 0. The van der Waals surface area contributed by atoms with Crippen LogP contribution in [0.15, 0.2) is 24.3 Å². The van der Waals surface area contributed by atoms with E-state index < -0.39 is 0 Å². The molecule has 0 aromatic heterocycles. The third-order valence-electron chi connectivity index (χ3n) is 7.24. The van der Waals surface area contributed by atoms with Gasteiger partial charge in [0.1, 0.15) is 11.5 Å². The number of phenolic OH excluding ortho intramolecular Hbond substituents is 2. The summed E-state index contributed by atoms with van der Waals surface area (Å²) in [5.74, 6) is 1.43. The average Bonchev–Trinajstić information content (AvgIpc) is 2.70. The highest BCUT2D eigenvalue weighted by molar-refractivity contribution is 5.56. The summed E-state index contributed by atoms with van der Waals surface area (Å²) < 4.78 is 0. The molecule has 0 saturated carbocycles. The molecule has 2 heteroatoms. The van der Waals surface area contributed by atoms with E-state index in [4.69, 9.17) is 0 Å². The average molecular weight is 439 g/mol. The summed E-state index contributed by atoms with van der Waals surface area (Å²) in [6.07, 6.45) is 2.09. The number of rotatable bonds is 6. The number of hydrogen-bond acceptors (Lipinski definition) is 2. The predicted molar refractivity (Wildman–Crippen MR) is 139 cm³/mol. The van der Waals surface area contributed by atoms with Gasteiger partial charge in [-0.25, -0.2) is 0 Å². The third kappa shape index (κ3) is 5.33. The van der Waals surface area contributed by atoms with Crippen LogP contribution in [0.3, 0.4) is 0 Å². The molecule has 2 N–H and O–H groups in total. The Kier molecular flexibility index (Phi) is 7.80. The van der Waals surface area contributed by atoms with Crippen LogP contribution in [-0.4, -0.2) is 10.2 Å². The van der Waals surface area contributed by atoms with Crippen LogP contribution in [0.25, 0.3) is 0 Å². The first-order valence-corrected chi connectivity index (χ1v) is 12.4. The molecule has 0 bridgehead atoms. The van der Waals surface area contributed by atoms with Crippen molar-refractivity contribution in [3.63, 3.8) is 0 Å². The molecule has 0 aliphatic carbocycles. The molecule has 2 unspecified atom stereocenters. The van der Waals surface area contributed by atoms with Gasteiger partial charge < -0.3 is 10.2 Å². The lowest BCUT2D eigenvalue weighted by Crippen LogP contribution is -2.16. The summed E-state index contributed by atoms with van der Waals surface area (Å²) in [6, 6.07) is 8.68. The van der Waals surface area contributed by atoms with E-state index in [1.807, 2.05) is 0 Å². The van der Waals surface area contributed by atoms with E-state index in [0.29, 0.717) is 23.3 Å². The van der Waals surface area contributed by atoms with Gasteiger partial charge in [-0.15, -0.1) is 0 Å². The normalized spacial score (nSPS) is 15.5. The molecule has 2 aromatic carbocycles. The molecular formula is C30H46O2. The molecule has 32 heavy (non-hydrogen) atoms. The molecule has 2 atom stereocenters. The maximum atomic E-state index is 11.4. The van der Waals surface area contributed by atoms with Crippen molar-refractivity contribution in [3.8, 4) is 11.5 Å². The lowest BCUT2D eigenvalue weighted by atomic mass is 9.77. The molecular weight excluding hydrogens is 392 g/mol. The number of phenols is 2. The van der Waals surface area contributed by atoms with Crippen molar-refractivity contribution in [2.45, 2.75) is 118 Å². The lowest BCUT2D eigenvalue weighted by molar-refractivity contribution is 0.429. The Morgan fingerprint density at radius 3 is 1.19 bits per heavy atom. The van der Waals surface area contributed by atoms with Crippen LogP contribution >= 0.6 is 0 Å². The first-order chi connectivity index (χ1) is 14.6. The molecule has 2 rings (SSSR count). The van der Waals surface area contributed by atoms with Crippen LogP contribution in [0, 0.1) is 0 Å². The van der Waals surface area contributed by atoms with Crippen molar-refractivity contribution < 1.29 is 10.2 Å². The van der Waals surface area contributed by atoms with Crippen LogP contribution in [-0.2, 0) is 10.8 Å². The van der Waals surface area contributed by atoms with Gasteiger partial charge in [0.2, 0.25) is 0 Å². The Labute approximate surface area is 197 Å². The Morgan fingerprint density at radius 1 is 0.625 bits per heavy atom. The Bertz CT molecular complexity index is 863. The zero-order chi connectivity index (χ0) is 24.6. The summed E-state index contributed by atoms with van der Waals surface area (Å²) in [5, 5.41) is 22.8. The molecule has 0 spiro atoms. The summed E-state index contributed by atoms with van der Waals surface area (Å²) in [7, 11) is 0. The summed E-state index contributed by atoms with van der Waals surface area (Å²) in [6.45, 7) is 23.9. The van der Waals surface area contributed by atoms with Crippen LogP contribution in [0.1, 0.15) is 140 Å². The zero-order valence-corrected chi connectivity index (χ0v) is 22.4. The first kappa shape index (κ1) is 26.3. The quantitative estimate of drug-likeness (QED) is 0.473. The van der Waals surface area contributed by atoms with Gasteiger partial charge in [0.05, 0.1) is 0 Å². The molecule has 0 fully saturated rings. The van der Waals surface area contributed by atoms with Gasteiger partial charge in [-0.1, -0.05) is 100 Å². The van der Waals surface area contributed by atoms with Crippen LogP contribution in [0.5, 0.6) is 11.5 Å². The third-order valence-corrected chi connectivity index (χ3v) is 7.24. The highest BCUT2D eigenvalue weighted by Gasteiger charge is 2.29. The molecule has 2 aromatic rings. The summed E-state index contributed by atoms with van der Waals surface area (Å²) in [5.41, 5.74) is 5.94. The molecule has 2 nitrogen and oxygen atoms in total. The van der Waals surface area contributed by atoms with Gasteiger partial charge in [-0.3, -0.25) is 0 Å². The maximum Gasteiger partial charge on any atom is 0.123 e. The monoisotopic (exact) mass is 438 g/mol. The first-order valence-electron chi connectivity index (χ1n) is 12.4. The Balaban J connectivity index is 2.83. The van der Waals surface area contributed by atoms with Crippen molar-refractivity contribution in [3.05, 3.63) is 57.6 Å². The van der Waals surface area contributed by atoms with Crippen molar-refractivity contribution in [2.24, 2.45) is 0 Å². The zero-order valence-electron chi connectivity index (χ0n) is 22.4. The fourth-order valence-electron chi connectivity index (χ4n) is 4.37. The highest BCUT2D eigenvalue weighted by Crippen LogP contribution is 2.46. The molecule has 0 saturated heterocycles. The van der Waals surface area contributed by atoms with Gasteiger partial charge in [-0.05, 0) is 57.8 Å². The fraction of sp³-hybridized carbons (Fsp3) is 0.600. The van der Waals surface area contributed by atoms with Gasteiger partial charge >= 0.3 is 0 Å². The largest absolute Gasteiger partial charge is 0.507 e. The standard InChI is InChI=1S/C30H46O2/c1-12-18(3)21-14-23(27(31)25(16-21)29(6,7)8)20(5)24-15-22(19(4)13-2)17-26(28(24)32)30(9,10)11/h14-20,31-32H,12-13H2,1-11H3. The predicted octanol–water partition coefficient (Wildman–Crippen LogP) is 8.87. The molecule has 0 amide bonds. The smallest absolute Gasteiger partial charge is 0.123 e. The number of hydrogen-bond donors (Lipinski definition) is 2.